The van der Waals surface area contributed by atoms with Crippen LogP contribution in [-0.4, -0.2) is 11.5 Å². The zero-order chi connectivity index (χ0) is 16.2. The smallest absolute Gasteiger partial charge is 0.0311 e. The van der Waals surface area contributed by atoms with Gasteiger partial charge in [-0.15, -0.1) is 4.33 Å². The van der Waals surface area contributed by atoms with Crippen molar-refractivity contribution in [3.05, 3.63) is 71.8 Å². The Morgan fingerprint density at radius 3 is 1.55 bits per heavy atom. The van der Waals surface area contributed by atoms with Crippen LogP contribution in [0.2, 0.25) is 0 Å². The summed E-state index contributed by atoms with van der Waals surface area (Å²) in [7, 11) is 0. The number of benzene rings is 2. The van der Waals surface area contributed by atoms with Crippen LogP contribution in [0.4, 0.5) is 0 Å². The zero-order valence-corrected chi connectivity index (χ0v) is 14.1. The molecule has 2 aromatic carbocycles. The van der Waals surface area contributed by atoms with E-state index in [0.29, 0.717) is 11.8 Å². The summed E-state index contributed by atoms with van der Waals surface area (Å²) in [4.78, 5) is 0. The van der Waals surface area contributed by atoms with Crippen LogP contribution in [-0.2, 0) is 9.37 Å². The monoisotopic (exact) mass is 320 g/mol. The second-order valence-corrected chi connectivity index (χ2v) is 5.64. The molecule has 0 aliphatic heterocycles. The van der Waals surface area contributed by atoms with E-state index in [-0.39, 0.29) is 0 Å². The van der Waals surface area contributed by atoms with E-state index in [1.165, 1.54) is 17.5 Å². The van der Waals surface area contributed by atoms with Crippen molar-refractivity contribution in [2.75, 3.05) is 6.26 Å². The second kappa shape index (κ2) is 11.3. The highest BCUT2D eigenvalue weighted by Gasteiger charge is 2.11. The Balaban J connectivity index is 0.000000422. The highest BCUT2D eigenvalue weighted by atomic mass is 32.2. The van der Waals surface area contributed by atoms with Crippen LogP contribution in [0.25, 0.3) is 0 Å². The second-order valence-electron chi connectivity index (χ2n) is 5.17. The maximum Gasteiger partial charge on any atom is 0.0311 e. The number of hydrogen-bond donors (Lipinski definition) is 1. The molecule has 0 bridgehead atoms. The Morgan fingerprint density at radius 2 is 1.27 bits per heavy atom. The van der Waals surface area contributed by atoms with Gasteiger partial charge < -0.3 is 0 Å². The third-order valence-corrected chi connectivity index (χ3v) is 3.74. The van der Waals surface area contributed by atoms with E-state index in [4.69, 9.17) is 5.26 Å². The van der Waals surface area contributed by atoms with Gasteiger partial charge in [0, 0.05) is 18.3 Å². The zero-order valence-electron chi connectivity index (χ0n) is 13.3. The summed E-state index contributed by atoms with van der Waals surface area (Å²) < 4.78 is 3.81. The van der Waals surface area contributed by atoms with E-state index in [1.807, 2.05) is 0 Å². The van der Waals surface area contributed by atoms with Crippen molar-refractivity contribution < 1.29 is 14.6 Å². The van der Waals surface area contributed by atoms with E-state index < -0.39 is 0 Å². The molecule has 120 valence electrons. The molecular formula is C18H24O3S. The Morgan fingerprint density at radius 1 is 0.864 bits per heavy atom. The normalized spacial score (nSPS) is 12.9. The quantitative estimate of drug-likeness (QED) is 0.423. The predicted molar refractivity (Wildman–Crippen MR) is 92.6 cm³/mol. The van der Waals surface area contributed by atoms with Gasteiger partial charge >= 0.3 is 0 Å². The minimum absolute atomic E-state index is 0.617. The van der Waals surface area contributed by atoms with Crippen LogP contribution < -0.4 is 0 Å². The molecule has 0 spiro atoms. The Kier molecular flexibility index (Phi) is 9.59. The van der Waals surface area contributed by atoms with E-state index in [9.17, 15) is 0 Å². The molecule has 3 nitrogen and oxygen atoms in total. The molecule has 0 fully saturated rings. The van der Waals surface area contributed by atoms with E-state index in [0.717, 1.165) is 12.0 Å². The van der Waals surface area contributed by atoms with Gasteiger partial charge in [0.25, 0.3) is 0 Å². The van der Waals surface area contributed by atoms with Gasteiger partial charge in [-0.3, -0.25) is 0 Å². The topological polar surface area (TPSA) is 38.7 Å². The maximum absolute atomic E-state index is 7.32. The molecule has 1 N–H and O–H groups in total. The first-order valence-corrected chi connectivity index (χ1v) is 8.44. The lowest BCUT2D eigenvalue weighted by Crippen LogP contribution is -2.00. The molecule has 0 heterocycles. The summed E-state index contributed by atoms with van der Waals surface area (Å²) in [5.74, 6) is 1.23. The van der Waals surface area contributed by atoms with Gasteiger partial charge in [0.05, 0.1) is 0 Å². The summed E-state index contributed by atoms with van der Waals surface area (Å²) in [6.45, 7) is 4.63. The molecule has 22 heavy (non-hydrogen) atoms. The molecule has 2 rings (SSSR count). The minimum Gasteiger partial charge on any atom is -0.220 e. The third-order valence-electron chi connectivity index (χ3n) is 3.54. The van der Waals surface area contributed by atoms with Crippen molar-refractivity contribution in [2.24, 2.45) is 0 Å². The fraction of sp³-hybridized carbons (Fsp3) is 0.333. The molecule has 2 atom stereocenters. The van der Waals surface area contributed by atoms with Crippen LogP contribution in [0, 0.1) is 0 Å². The van der Waals surface area contributed by atoms with Crippen molar-refractivity contribution in [1.82, 2.24) is 0 Å². The summed E-state index contributed by atoms with van der Waals surface area (Å²) in [6.07, 6.45) is 2.82. The molecule has 4 heteroatoms. The average molecular weight is 320 g/mol. The first-order valence-electron chi connectivity index (χ1n) is 7.29. The van der Waals surface area contributed by atoms with E-state index in [2.05, 4.69) is 83.9 Å². The Hall–Kier alpha value is -1.33. The lowest BCUT2D eigenvalue weighted by Gasteiger charge is -2.18. The standard InChI is InChI=1S/C17H20.CH4O3S/c1-14(16-9-5-3-6-10-16)13-15(2)17-11-7-4-8-12-17;1-5-4-3-2/h3-12,14-15H,13H2,1-2H3;2H,1H3. The van der Waals surface area contributed by atoms with Crippen LogP contribution >= 0.6 is 12.0 Å². The first-order chi connectivity index (χ1) is 10.7. The van der Waals surface area contributed by atoms with Gasteiger partial charge in [-0.1, -0.05) is 79.5 Å². The first kappa shape index (κ1) is 18.7. The van der Waals surface area contributed by atoms with Crippen molar-refractivity contribution in [3.63, 3.8) is 0 Å². The Bertz CT molecular complexity index is 445. The molecule has 2 aromatic rings. The van der Waals surface area contributed by atoms with Crippen LogP contribution in [0.15, 0.2) is 60.7 Å². The fourth-order valence-corrected chi connectivity index (χ4v) is 2.46. The van der Waals surface area contributed by atoms with Gasteiger partial charge in [0.2, 0.25) is 0 Å². The van der Waals surface area contributed by atoms with Crippen LogP contribution in [0.3, 0.4) is 0 Å². The largest absolute Gasteiger partial charge is 0.220 e. The van der Waals surface area contributed by atoms with Gasteiger partial charge in [-0.2, -0.15) is 0 Å². The molecule has 0 amide bonds. The van der Waals surface area contributed by atoms with Crippen molar-refractivity contribution in [1.29, 1.82) is 0 Å². The third kappa shape index (κ3) is 7.09. The highest BCUT2D eigenvalue weighted by molar-refractivity contribution is 7.93. The van der Waals surface area contributed by atoms with Crippen molar-refractivity contribution >= 4 is 12.0 Å². The summed E-state index contributed by atoms with van der Waals surface area (Å²) in [5, 5.41) is 10.5. The van der Waals surface area contributed by atoms with Gasteiger partial charge in [0.15, 0.2) is 0 Å². The SMILES string of the molecule is CC(CC(C)c1ccccc1)c1ccccc1.CSOOO. The fourth-order valence-electron chi connectivity index (χ4n) is 2.40. The average Bonchev–Trinajstić information content (AvgIpc) is 2.57. The molecule has 2 unspecified atom stereocenters. The molecule has 0 aliphatic rings. The van der Waals surface area contributed by atoms with Crippen molar-refractivity contribution in [3.8, 4) is 0 Å². The van der Waals surface area contributed by atoms with E-state index >= 15 is 0 Å². The molecule has 0 saturated carbocycles. The van der Waals surface area contributed by atoms with Gasteiger partial charge in [-0.05, 0) is 29.4 Å². The summed E-state index contributed by atoms with van der Waals surface area (Å²) >= 11 is 0.929. The van der Waals surface area contributed by atoms with Gasteiger partial charge in [-0.25, -0.2) is 5.26 Å². The Labute approximate surface area is 137 Å². The highest BCUT2D eigenvalue weighted by Crippen LogP contribution is 2.28. The molecule has 0 radical (unpaired) electrons. The minimum atomic E-state index is 0.617. The van der Waals surface area contributed by atoms with Crippen LogP contribution in [0.1, 0.15) is 43.2 Å². The lowest BCUT2D eigenvalue weighted by molar-refractivity contribution is -0.432. The van der Waals surface area contributed by atoms with E-state index in [1.54, 1.807) is 6.26 Å². The molecule has 0 aromatic heterocycles. The molecule has 0 aliphatic carbocycles. The number of hydrogen-bond acceptors (Lipinski definition) is 4. The number of rotatable bonds is 6. The van der Waals surface area contributed by atoms with Crippen LogP contribution in [0.5, 0.6) is 0 Å². The maximum atomic E-state index is 7.32. The summed E-state index contributed by atoms with van der Waals surface area (Å²) in [6, 6.07) is 21.6. The summed E-state index contributed by atoms with van der Waals surface area (Å²) in [5.41, 5.74) is 2.88. The van der Waals surface area contributed by atoms with Crippen molar-refractivity contribution in [2.45, 2.75) is 32.1 Å². The molecule has 0 saturated heterocycles. The molecular weight excluding hydrogens is 296 g/mol. The van der Waals surface area contributed by atoms with Gasteiger partial charge in [0.1, 0.15) is 0 Å². The lowest BCUT2D eigenvalue weighted by atomic mass is 9.87. The predicted octanol–water partition coefficient (Wildman–Crippen LogP) is 5.67.